The van der Waals surface area contributed by atoms with Crippen LogP contribution in [0.5, 0.6) is 0 Å². The van der Waals surface area contributed by atoms with Crippen LogP contribution >= 0.6 is 0 Å². The monoisotopic (exact) mass is 316 g/mol. The number of alkyl halides is 2. The highest BCUT2D eigenvalue weighted by molar-refractivity contribution is 5.80. The fourth-order valence-electron chi connectivity index (χ4n) is 3.75. The van der Waals surface area contributed by atoms with E-state index in [1.165, 1.54) is 0 Å². The Balaban J connectivity index is 1.62. The van der Waals surface area contributed by atoms with Crippen LogP contribution in [0.2, 0.25) is 0 Å². The van der Waals surface area contributed by atoms with Gasteiger partial charge in [0, 0.05) is 13.2 Å². The molecule has 2 saturated heterocycles. The number of ether oxygens (including phenoxy) is 1. The molecule has 2 heterocycles. The highest BCUT2D eigenvalue weighted by Gasteiger charge is 2.48. The van der Waals surface area contributed by atoms with E-state index in [1.54, 1.807) is 4.90 Å². The molecule has 22 heavy (non-hydrogen) atoms. The number of hydrogen-bond donors (Lipinski definition) is 1. The highest BCUT2D eigenvalue weighted by atomic mass is 19.3. The average molecular weight is 316 g/mol. The first-order valence-electron chi connectivity index (χ1n) is 8.53. The summed E-state index contributed by atoms with van der Waals surface area (Å²) in [4.78, 5) is 14.3. The number of amides is 1. The molecule has 3 unspecified atom stereocenters. The molecule has 126 valence electrons. The minimum Gasteiger partial charge on any atom is -0.377 e. The van der Waals surface area contributed by atoms with Gasteiger partial charge in [0.15, 0.2) is 0 Å². The van der Waals surface area contributed by atoms with Gasteiger partial charge in [0.2, 0.25) is 5.91 Å². The van der Waals surface area contributed by atoms with E-state index in [2.05, 4.69) is 5.32 Å². The summed E-state index contributed by atoms with van der Waals surface area (Å²) in [7, 11) is 0. The maximum Gasteiger partial charge on any atom is 0.280 e. The summed E-state index contributed by atoms with van der Waals surface area (Å²) in [5, 5.41) is 2.66. The molecule has 1 N–H and O–H groups in total. The van der Waals surface area contributed by atoms with Crippen LogP contribution in [0.15, 0.2) is 0 Å². The first kappa shape index (κ1) is 16.1. The molecule has 3 aliphatic rings. The molecule has 3 fully saturated rings. The predicted octanol–water partition coefficient (Wildman–Crippen LogP) is 2.04. The molecular formula is C16H26F2N2O2. The Labute approximate surface area is 130 Å². The SMILES string of the molecule is CCN1CCC(NC(=O)C(C2CC2)C2CCCO2)C(F)(F)C1. The summed E-state index contributed by atoms with van der Waals surface area (Å²) < 4.78 is 34.1. The van der Waals surface area contributed by atoms with Gasteiger partial charge in [0.05, 0.1) is 24.6 Å². The Morgan fingerprint density at radius 1 is 1.36 bits per heavy atom. The van der Waals surface area contributed by atoms with Gasteiger partial charge in [-0.1, -0.05) is 6.92 Å². The lowest BCUT2D eigenvalue weighted by atomic mass is 9.92. The van der Waals surface area contributed by atoms with Gasteiger partial charge in [-0.05, 0) is 44.6 Å². The molecule has 0 spiro atoms. The molecule has 6 heteroatoms. The first-order chi connectivity index (χ1) is 10.5. The van der Waals surface area contributed by atoms with Crippen molar-refractivity contribution in [1.82, 2.24) is 10.2 Å². The molecule has 4 nitrogen and oxygen atoms in total. The van der Waals surface area contributed by atoms with Gasteiger partial charge in [0.25, 0.3) is 5.92 Å². The van der Waals surface area contributed by atoms with Crippen LogP contribution in [0.25, 0.3) is 0 Å². The maximum atomic E-state index is 14.2. The third-order valence-electron chi connectivity index (χ3n) is 5.24. The standard InChI is InChI=1S/C16H26F2N2O2/c1-2-20-8-7-13(16(17,18)10-20)19-15(21)14(11-5-6-11)12-4-3-9-22-12/h11-14H,2-10H2,1H3,(H,19,21). The van der Waals surface area contributed by atoms with E-state index in [9.17, 15) is 13.6 Å². The van der Waals surface area contributed by atoms with Gasteiger partial charge < -0.3 is 10.1 Å². The zero-order valence-electron chi connectivity index (χ0n) is 13.2. The molecule has 1 saturated carbocycles. The molecule has 0 aromatic rings. The van der Waals surface area contributed by atoms with Crippen molar-refractivity contribution in [2.24, 2.45) is 11.8 Å². The summed E-state index contributed by atoms with van der Waals surface area (Å²) >= 11 is 0. The number of nitrogens with one attached hydrogen (secondary N) is 1. The van der Waals surface area contributed by atoms with E-state index >= 15 is 0 Å². The van der Waals surface area contributed by atoms with E-state index in [0.29, 0.717) is 32.0 Å². The number of piperidine rings is 1. The largest absolute Gasteiger partial charge is 0.377 e. The number of carbonyl (C=O) groups is 1. The third-order valence-corrected chi connectivity index (χ3v) is 5.24. The van der Waals surface area contributed by atoms with E-state index in [0.717, 1.165) is 25.7 Å². The smallest absolute Gasteiger partial charge is 0.280 e. The second kappa shape index (κ2) is 6.40. The molecule has 1 amide bonds. The predicted molar refractivity (Wildman–Crippen MR) is 78.8 cm³/mol. The lowest BCUT2D eigenvalue weighted by Gasteiger charge is -2.39. The van der Waals surface area contributed by atoms with Gasteiger partial charge in [-0.15, -0.1) is 0 Å². The Bertz CT molecular complexity index is 409. The van der Waals surface area contributed by atoms with Crippen LogP contribution in [0.1, 0.15) is 39.0 Å². The second-order valence-corrected chi connectivity index (χ2v) is 6.89. The second-order valence-electron chi connectivity index (χ2n) is 6.89. The number of carbonyl (C=O) groups excluding carboxylic acids is 1. The van der Waals surface area contributed by atoms with Crippen LogP contribution in [0.3, 0.4) is 0 Å². The number of rotatable bonds is 5. The fraction of sp³-hybridized carbons (Fsp3) is 0.938. The Morgan fingerprint density at radius 2 is 2.14 bits per heavy atom. The van der Waals surface area contributed by atoms with Crippen molar-refractivity contribution in [2.45, 2.75) is 57.1 Å². The third kappa shape index (κ3) is 3.43. The van der Waals surface area contributed by atoms with Crippen LogP contribution < -0.4 is 5.32 Å². The molecule has 0 bridgehead atoms. The Morgan fingerprint density at radius 3 is 2.68 bits per heavy atom. The molecular weight excluding hydrogens is 290 g/mol. The van der Waals surface area contributed by atoms with Crippen LogP contribution in [-0.4, -0.2) is 55.1 Å². The van der Waals surface area contributed by atoms with Crippen molar-refractivity contribution in [3.05, 3.63) is 0 Å². The minimum atomic E-state index is -2.85. The van der Waals surface area contributed by atoms with Crippen LogP contribution in [-0.2, 0) is 9.53 Å². The van der Waals surface area contributed by atoms with Gasteiger partial charge in [-0.2, -0.15) is 0 Å². The molecule has 0 aromatic heterocycles. The quantitative estimate of drug-likeness (QED) is 0.844. The molecule has 1 aliphatic carbocycles. The summed E-state index contributed by atoms with van der Waals surface area (Å²) in [6.45, 7) is 3.55. The van der Waals surface area contributed by atoms with Crippen molar-refractivity contribution in [1.29, 1.82) is 0 Å². The van der Waals surface area contributed by atoms with Crippen molar-refractivity contribution in [3.63, 3.8) is 0 Å². The van der Waals surface area contributed by atoms with Crippen molar-refractivity contribution < 1.29 is 18.3 Å². The maximum absolute atomic E-state index is 14.2. The van der Waals surface area contributed by atoms with E-state index < -0.39 is 12.0 Å². The fourth-order valence-corrected chi connectivity index (χ4v) is 3.75. The van der Waals surface area contributed by atoms with Gasteiger partial charge in [-0.3, -0.25) is 9.69 Å². The summed E-state index contributed by atoms with van der Waals surface area (Å²) in [5.41, 5.74) is 0. The normalized spacial score (nSPS) is 33.6. The number of halogens is 2. The Hall–Kier alpha value is -0.750. The number of hydrogen-bond acceptors (Lipinski definition) is 3. The molecule has 3 atom stereocenters. The first-order valence-corrected chi connectivity index (χ1v) is 8.53. The van der Waals surface area contributed by atoms with Crippen molar-refractivity contribution in [2.75, 3.05) is 26.2 Å². The lowest BCUT2D eigenvalue weighted by Crippen LogP contribution is -2.59. The number of likely N-dealkylation sites (tertiary alicyclic amines) is 1. The average Bonchev–Trinajstić information content (AvgIpc) is 3.15. The van der Waals surface area contributed by atoms with Gasteiger partial charge in [-0.25, -0.2) is 8.78 Å². The summed E-state index contributed by atoms with van der Waals surface area (Å²) in [5.74, 6) is -2.98. The van der Waals surface area contributed by atoms with Crippen molar-refractivity contribution in [3.8, 4) is 0 Å². The summed E-state index contributed by atoms with van der Waals surface area (Å²) in [6.07, 6.45) is 4.11. The van der Waals surface area contributed by atoms with E-state index in [4.69, 9.17) is 4.74 Å². The molecule has 3 rings (SSSR count). The lowest BCUT2D eigenvalue weighted by molar-refractivity contribution is -0.138. The number of nitrogens with zero attached hydrogens (tertiary/aromatic N) is 1. The van der Waals surface area contributed by atoms with Gasteiger partial charge >= 0.3 is 0 Å². The Kier molecular flexibility index (Phi) is 4.69. The van der Waals surface area contributed by atoms with Crippen molar-refractivity contribution >= 4 is 5.91 Å². The van der Waals surface area contributed by atoms with Crippen LogP contribution in [0, 0.1) is 11.8 Å². The minimum absolute atomic E-state index is 0.0724. The molecule has 2 aliphatic heterocycles. The van der Waals surface area contributed by atoms with E-state index in [1.807, 2.05) is 6.92 Å². The molecule has 0 radical (unpaired) electrons. The summed E-state index contributed by atoms with van der Waals surface area (Å²) in [6, 6.07) is -1.04. The molecule has 0 aromatic carbocycles. The van der Waals surface area contributed by atoms with Crippen LogP contribution in [0.4, 0.5) is 8.78 Å². The zero-order valence-corrected chi connectivity index (χ0v) is 13.2. The highest BCUT2D eigenvalue weighted by Crippen LogP contribution is 2.42. The van der Waals surface area contributed by atoms with E-state index in [-0.39, 0.29) is 24.5 Å². The zero-order chi connectivity index (χ0) is 15.7. The topological polar surface area (TPSA) is 41.6 Å². The van der Waals surface area contributed by atoms with Gasteiger partial charge in [0.1, 0.15) is 0 Å².